The lowest BCUT2D eigenvalue weighted by Gasteiger charge is -2.08. The second kappa shape index (κ2) is 11.5. The van der Waals surface area contributed by atoms with E-state index in [1.165, 1.54) is 44.9 Å². The Kier molecular flexibility index (Phi) is 11.2. The average molecular weight is 257 g/mol. The smallest absolute Gasteiger partial charge is 0.304 e. The van der Waals surface area contributed by atoms with E-state index >= 15 is 0 Å². The van der Waals surface area contributed by atoms with E-state index in [1.807, 2.05) is 0 Å². The average Bonchev–Trinajstić information content (AvgIpc) is 2.25. The van der Waals surface area contributed by atoms with E-state index in [-0.39, 0.29) is 12.5 Å². The molecule has 0 radical (unpaired) electrons. The van der Waals surface area contributed by atoms with Gasteiger partial charge in [0.2, 0.25) is 0 Å². The number of carboxylic acid groups (broad SMARTS) is 1. The minimum atomic E-state index is -0.785. The summed E-state index contributed by atoms with van der Waals surface area (Å²) < 4.78 is 0. The lowest BCUT2D eigenvalue weighted by atomic mass is 10.0. The molecule has 0 amide bonds. The molecule has 0 aromatic heterocycles. The Morgan fingerprint density at radius 3 is 1.83 bits per heavy atom. The van der Waals surface area contributed by atoms with Crippen molar-refractivity contribution >= 4 is 5.97 Å². The molecular weight excluding hydrogens is 226 g/mol. The SMILES string of the molecule is CC(C)CCCCCCCCCC(N)CC(=O)O. The van der Waals surface area contributed by atoms with Crippen molar-refractivity contribution in [2.75, 3.05) is 0 Å². The lowest BCUT2D eigenvalue weighted by molar-refractivity contribution is -0.137. The lowest BCUT2D eigenvalue weighted by Crippen LogP contribution is -2.23. The molecule has 0 aromatic rings. The van der Waals surface area contributed by atoms with E-state index in [0.717, 1.165) is 18.8 Å². The van der Waals surface area contributed by atoms with Crippen molar-refractivity contribution in [3.05, 3.63) is 0 Å². The first-order chi connectivity index (χ1) is 8.52. The Morgan fingerprint density at radius 2 is 1.39 bits per heavy atom. The maximum absolute atomic E-state index is 10.4. The molecular formula is C15H31NO2. The van der Waals surface area contributed by atoms with Gasteiger partial charge < -0.3 is 10.8 Å². The van der Waals surface area contributed by atoms with E-state index in [1.54, 1.807) is 0 Å². The summed E-state index contributed by atoms with van der Waals surface area (Å²) in [6.07, 6.45) is 11.2. The summed E-state index contributed by atoms with van der Waals surface area (Å²) >= 11 is 0. The van der Waals surface area contributed by atoms with Crippen molar-refractivity contribution in [1.29, 1.82) is 0 Å². The first-order valence-corrected chi connectivity index (χ1v) is 7.49. The van der Waals surface area contributed by atoms with Crippen LogP contribution in [0, 0.1) is 5.92 Å². The molecule has 108 valence electrons. The van der Waals surface area contributed by atoms with E-state index in [2.05, 4.69) is 13.8 Å². The molecule has 3 heteroatoms. The summed E-state index contributed by atoms with van der Waals surface area (Å²) in [6.45, 7) is 4.56. The Bertz CT molecular complexity index is 205. The highest BCUT2D eigenvalue weighted by Crippen LogP contribution is 2.13. The largest absolute Gasteiger partial charge is 0.481 e. The number of aliphatic carboxylic acids is 1. The number of carbonyl (C=O) groups is 1. The summed E-state index contributed by atoms with van der Waals surface area (Å²) in [5, 5.41) is 8.57. The monoisotopic (exact) mass is 257 g/mol. The molecule has 1 atom stereocenters. The summed E-state index contributed by atoms with van der Waals surface area (Å²) in [6, 6.07) is -0.159. The first kappa shape index (κ1) is 17.4. The number of nitrogens with two attached hydrogens (primary N) is 1. The topological polar surface area (TPSA) is 63.3 Å². The standard InChI is InChI=1S/C15H31NO2/c1-13(2)10-8-6-4-3-5-7-9-11-14(16)12-15(17)18/h13-14H,3-12,16H2,1-2H3,(H,17,18). The molecule has 0 spiro atoms. The molecule has 0 aliphatic heterocycles. The second-order valence-corrected chi connectivity index (χ2v) is 5.80. The summed E-state index contributed by atoms with van der Waals surface area (Å²) in [7, 11) is 0. The van der Waals surface area contributed by atoms with E-state index in [0.29, 0.717) is 0 Å². The van der Waals surface area contributed by atoms with Crippen LogP contribution in [0.4, 0.5) is 0 Å². The molecule has 3 nitrogen and oxygen atoms in total. The van der Waals surface area contributed by atoms with Gasteiger partial charge in [0, 0.05) is 6.04 Å². The van der Waals surface area contributed by atoms with Gasteiger partial charge >= 0.3 is 5.97 Å². The van der Waals surface area contributed by atoms with Crippen molar-refractivity contribution in [2.24, 2.45) is 11.7 Å². The highest BCUT2D eigenvalue weighted by molar-refractivity contribution is 5.67. The fourth-order valence-electron chi connectivity index (χ4n) is 2.17. The van der Waals surface area contributed by atoms with Crippen molar-refractivity contribution in [3.8, 4) is 0 Å². The van der Waals surface area contributed by atoms with Crippen LogP contribution in [0.2, 0.25) is 0 Å². The van der Waals surface area contributed by atoms with Crippen LogP contribution in [-0.4, -0.2) is 17.1 Å². The number of unbranched alkanes of at least 4 members (excludes halogenated alkanes) is 6. The van der Waals surface area contributed by atoms with Gasteiger partial charge in [-0.2, -0.15) is 0 Å². The van der Waals surface area contributed by atoms with Crippen LogP contribution in [0.15, 0.2) is 0 Å². The number of hydrogen-bond acceptors (Lipinski definition) is 2. The molecule has 0 saturated heterocycles. The van der Waals surface area contributed by atoms with Crippen LogP contribution < -0.4 is 5.73 Å². The minimum Gasteiger partial charge on any atom is -0.481 e. The van der Waals surface area contributed by atoms with E-state index in [9.17, 15) is 4.79 Å². The Labute approximate surface area is 112 Å². The predicted molar refractivity (Wildman–Crippen MR) is 76.6 cm³/mol. The number of rotatable bonds is 12. The van der Waals surface area contributed by atoms with Crippen molar-refractivity contribution in [2.45, 2.75) is 84.1 Å². The van der Waals surface area contributed by atoms with Crippen LogP contribution in [0.1, 0.15) is 78.1 Å². The van der Waals surface area contributed by atoms with E-state index in [4.69, 9.17) is 10.8 Å². The molecule has 1 unspecified atom stereocenters. The van der Waals surface area contributed by atoms with Gasteiger partial charge in [0.1, 0.15) is 0 Å². The van der Waals surface area contributed by atoms with Gasteiger partial charge in [0.15, 0.2) is 0 Å². The Hall–Kier alpha value is -0.570. The summed E-state index contributed by atoms with van der Waals surface area (Å²) in [5.74, 6) is 0.0494. The van der Waals surface area contributed by atoms with Crippen molar-refractivity contribution in [3.63, 3.8) is 0 Å². The first-order valence-electron chi connectivity index (χ1n) is 7.49. The molecule has 0 bridgehead atoms. The van der Waals surface area contributed by atoms with Gasteiger partial charge in [-0.1, -0.05) is 65.2 Å². The quantitative estimate of drug-likeness (QED) is 0.520. The van der Waals surface area contributed by atoms with Crippen molar-refractivity contribution in [1.82, 2.24) is 0 Å². The van der Waals surface area contributed by atoms with E-state index < -0.39 is 5.97 Å². The second-order valence-electron chi connectivity index (χ2n) is 5.80. The highest BCUT2D eigenvalue weighted by Gasteiger charge is 2.06. The molecule has 0 fully saturated rings. The van der Waals surface area contributed by atoms with Gasteiger partial charge in [-0.25, -0.2) is 0 Å². The van der Waals surface area contributed by atoms with Gasteiger partial charge in [0.05, 0.1) is 6.42 Å². The molecule has 3 N–H and O–H groups in total. The Morgan fingerprint density at radius 1 is 0.944 bits per heavy atom. The third-order valence-corrected chi connectivity index (χ3v) is 3.29. The van der Waals surface area contributed by atoms with Crippen LogP contribution in [0.25, 0.3) is 0 Å². The Balaban J connectivity index is 3.14. The molecule has 0 heterocycles. The number of hydrogen-bond donors (Lipinski definition) is 2. The van der Waals surface area contributed by atoms with Crippen molar-refractivity contribution < 1.29 is 9.90 Å². The molecule has 18 heavy (non-hydrogen) atoms. The molecule has 0 aliphatic carbocycles. The third kappa shape index (κ3) is 13.5. The molecule has 0 aromatic carbocycles. The fourth-order valence-corrected chi connectivity index (χ4v) is 2.17. The third-order valence-electron chi connectivity index (χ3n) is 3.29. The zero-order valence-electron chi connectivity index (χ0n) is 12.2. The summed E-state index contributed by atoms with van der Waals surface area (Å²) in [5.41, 5.74) is 5.70. The predicted octanol–water partition coefficient (Wildman–Crippen LogP) is 3.96. The minimum absolute atomic E-state index is 0.106. The fraction of sp³-hybridized carbons (Fsp3) is 0.933. The van der Waals surface area contributed by atoms with Gasteiger partial charge in [-0.3, -0.25) is 4.79 Å². The highest BCUT2D eigenvalue weighted by atomic mass is 16.4. The maximum atomic E-state index is 10.4. The molecule has 0 rings (SSSR count). The van der Waals surface area contributed by atoms with Gasteiger partial charge in [-0.05, 0) is 12.3 Å². The maximum Gasteiger partial charge on any atom is 0.304 e. The van der Waals surface area contributed by atoms with Gasteiger partial charge in [-0.15, -0.1) is 0 Å². The van der Waals surface area contributed by atoms with Gasteiger partial charge in [0.25, 0.3) is 0 Å². The van der Waals surface area contributed by atoms with Crippen LogP contribution in [0.5, 0.6) is 0 Å². The van der Waals surface area contributed by atoms with Crippen LogP contribution in [0.3, 0.4) is 0 Å². The zero-order chi connectivity index (χ0) is 13.8. The number of carboxylic acids is 1. The summed E-state index contributed by atoms with van der Waals surface area (Å²) in [4.78, 5) is 10.4. The van der Waals surface area contributed by atoms with Crippen LogP contribution >= 0.6 is 0 Å². The molecule has 0 aliphatic rings. The molecule has 0 saturated carbocycles. The zero-order valence-corrected chi connectivity index (χ0v) is 12.2. The van der Waals surface area contributed by atoms with Crippen LogP contribution in [-0.2, 0) is 4.79 Å². The normalized spacial score (nSPS) is 12.9.